The summed E-state index contributed by atoms with van der Waals surface area (Å²) in [6, 6.07) is 18.1. The molecule has 1 aliphatic heterocycles. The van der Waals surface area contributed by atoms with Crippen molar-refractivity contribution in [1.82, 2.24) is 0 Å². The van der Waals surface area contributed by atoms with Crippen LogP contribution in [0.25, 0.3) is 5.57 Å². The van der Waals surface area contributed by atoms with E-state index in [1.54, 1.807) is 24.3 Å². The van der Waals surface area contributed by atoms with Crippen molar-refractivity contribution >= 4 is 19.3 Å². The van der Waals surface area contributed by atoms with Crippen LogP contribution in [0.15, 0.2) is 66.5 Å². The van der Waals surface area contributed by atoms with E-state index in [0.29, 0.717) is 29.9 Å². The molecule has 1 saturated heterocycles. The second-order valence-electron chi connectivity index (χ2n) is 6.85. The van der Waals surface area contributed by atoms with Crippen molar-refractivity contribution in [3.63, 3.8) is 0 Å². The van der Waals surface area contributed by atoms with Crippen LogP contribution in [-0.4, -0.2) is 19.0 Å². The molecular formula is C20H21O4P. The molecule has 0 saturated carbocycles. The second kappa shape index (κ2) is 7.19. The fourth-order valence-corrected chi connectivity index (χ4v) is 4.33. The third-order valence-electron chi connectivity index (χ3n) is 3.92. The summed E-state index contributed by atoms with van der Waals surface area (Å²) < 4.78 is 11.0. The lowest BCUT2D eigenvalue weighted by atomic mass is 9.97. The van der Waals surface area contributed by atoms with Crippen molar-refractivity contribution < 1.29 is 18.7 Å². The van der Waals surface area contributed by atoms with Gasteiger partial charge in [-0.1, -0.05) is 74.5 Å². The molecule has 0 unspecified atom stereocenters. The maximum Gasteiger partial charge on any atom is 0.264 e. The fraction of sp³-hybridized carbons (Fsp3) is 0.250. The minimum atomic E-state index is -3.47. The Hall–Kier alpha value is -1.84. The summed E-state index contributed by atoms with van der Waals surface area (Å²) in [5.74, 6) is 1.16. The number of Topliss-reactive ketones (excluding diaryl/α,β-unsaturated/α-hetero) is 1. The molecule has 0 N–H and O–H groups in total. The minimum Gasteiger partial charge on any atom is -0.628 e. The zero-order valence-corrected chi connectivity index (χ0v) is 15.2. The van der Waals surface area contributed by atoms with Gasteiger partial charge in [0.05, 0.1) is 5.57 Å². The van der Waals surface area contributed by atoms with Crippen LogP contribution in [0, 0.1) is 5.41 Å². The topological polar surface area (TPSA) is 58.6 Å². The van der Waals surface area contributed by atoms with Crippen molar-refractivity contribution in [3.8, 4) is 0 Å². The predicted molar refractivity (Wildman–Crippen MR) is 97.8 cm³/mol. The quantitative estimate of drug-likeness (QED) is 0.470. The SMILES string of the molecule is CC1(C)CO[P+]([O-])(/C=C(/C(=O)c2ccccc2)c2ccccc2)OC1. The number of allylic oxidation sites excluding steroid dienone is 1. The van der Waals surface area contributed by atoms with E-state index in [9.17, 15) is 9.69 Å². The third kappa shape index (κ3) is 4.42. The van der Waals surface area contributed by atoms with E-state index in [2.05, 4.69) is 0 Å². The van der Waals surface area contributed by atoms with E-state index >= 15 is 0 Å². The van der Waals surface area contributed by atoms with E-state index in [-0.39, 0.29) is 11.2 Å². The molecule has 1 heterocycles. The number of carbonyl (C=O) groups is 1. The van der Waals surface area contributed by atoms with Crippen LogP contribution >= 0.6 is 7.94 Å². The highest BCUT2D eigenvalue weighted by atomic mass is 31.2. The zero-order valence-electron chi connectivity index (χ0n) is 14.3. The Morgan fingerprint density at radius 1 is 0.960 bits per heavy atom. The van der Waals surface area contributed by atoms with Gasteiger partial charge in [0.25, 0.3) is 7.94 Å². The molecular weight excluding hydrogens is 335 g/mol. The molecule has 0 atom stereocenters. The van der Waals surface area contributed by atoms with E-state index in [4.69, 9.17) is 9.05 Å². The Bertz CT molecular complexity index is 759. The molecule has 1 fully saturated rings. The number of ketones is 1. The number of hydrogen-bond donors (Lipinski definition) is 0. The number of benzene rings is 2. The highest BCUT2D eigenvalue weighted by molar-refractivity contribution is 7.62. The highest BCUT2D eigenvalue weighted by Gasteiger charge is 2.40. The molecule has 3 rings (SSSR count). The molecule has 0 aliphatic carbocycles. The van der Waals surface area contributed by atoms with E-state index in [1.807, 2.05) is 50.2 Å². The minimum absolute atomic E-state index is 0.196. The van der Waals surface area contributed by atoms with Crippen LogP contribution < -0.4 is 4.89 Å². The van der Waals surface area contributed by atoms with Crippen LogP contribution in [0.3, 0.4) is 0 Å². The molecule has 2 aromatic carbocycles. The maximum absolute atomic E-state index is 13.0. The summed E-state index contributed by atoms with van der Waals surface area (Å²) in [5, 5.41) is 0. The van der Waals surface area contributed by atoms with Gasteiger partial charge in [-0.25, -0.2) is 9.05 Å². The van der Waals surface area contributed by atoms with Gasteiger partial charge in [0.2, 0.25) is 0 Å². The second-order valence-corrected chi connectivity index (χ2v) is 8.71. The molecule has 1 aliphatic rings. The Morgan fingerprint density at radius 2 is 1.44 bits per heavy atom. The lowest BCUT2D eigenvalue weighted by molar-refractivity contribution is -0.228. The van der Waals surface area contributed by atoms with E-state index < -0.39 is 7.94 Å². The van der Waals surface area contributed by atoms with Crippen molar-refractivity contribution in [2.45, 2.75) is 13.8 Å². The average Bonchev–Trinajstić information content (AvgIpc) is 2.64. The van der Waals surface area contributed by atoms with Gasteiger partial charge in [0.1, 0.15) is 19.0 Å². The predicted octanol–water partition coefficient (Wildman–Crippen LogP) is 4.11. The molecule has 2 aromatic rings. The summed E-state index contributed by atoms with van der Waals surface area (Å²) in [6.45, 7) is 4.60. The van der Waals surface area contributed by atoms with Gasteiger partial charge in [-0.15, -0.1) is 0 Å². The smallest absolute Gasteiger partial charge is 0.264 e. The molecule has 130 valence electrons. The first-order chi connectivity index (χ1) is 11.9. The molecule has 0 radical (unpaired) electrons. The lowest BCUT2D eigenvalue weighted by Crippen LogP contribution is -2.34. The first-order valence-electron chi connectivity index (χ1n) is 8.15. The van der Waals surface area contributed by atoms with Gasteiger partial charge >= 0.3 is 0 Å². The monoisotopic (exact) mass is 356 g/mol. The number of hydrogen-bond acceptors (Lipinski definition) is 4. The van der Waals surface area contributed by atoms with Crippen molar-refractivity contribution in [1.29, 1.82) is 0 Å². The average molecular weight is 356 g/mol. The van der Waals surface area contributed by atoms with E-state index in [1.165, 1.54) is 5.82 Å². The van der Waals surface area contributed by atoms with Crippen LogP contribution in [0.2, 0.25) is 0 Å². The van der Waals surface area contributed by atoms with E-state index in [0.717, 1.165) is 0 Å². The lowest BCUT2D eigenvalue weighted by Gasteiger charge is -2.36. The first kappa shape index (κ1) is 18.0. The molecule has 0 aromatic heterocycles. The van der Waals surface area contributed by atoms with Crippen molar-refractivity contribution in [2.75, 3.05) is 13.2 Å². The Labute approximate surface area is 148 Å². The number of rotatable bonds is 4. The highest BCUT2D eigenvalue weighted by Crippen LogP contribution is 2.60. The normalized spacial score (nSPS) is 19.4. The van der Waals surface area contributed by atoms with Crippen LogP contribution in [-0.2, 0) is 9.05 Å². The van der Waals surface area contributed by atoms with Gasteiger partial charge in [0, 0.05) is 11.0 Å². The molecule has 5 heteroatoms. The first-order valence-corrected chi connectivity index (χ1v) is 9.77. The Morgan fingerprint density at radius 3 is 1.96 bits per heavy atom. The Balaban J connectivity index is 1.99. The molecule has 4 nitrogen and oxygen atoms in total. The summed E-state index contributed by atoms with van der Waals surface area (Å²) in [6.07, 6.45) is 0. The Kier molecular flexibility index (Phi) is 5.16. The fourth-order valence-electron chi connectivity index (χ4n) is 2.47. The maximum atomic E-state index is 13.0. The summed E-state index contributed by atoms with van der Waals surface area (Å²) in [4.78, 5) is 26.0. The van der Waals surface area contributed by atoms with Crippen molar-refractivity contribution in [3.05, 3.63) is 77.6 Å². The zero-order chi connectivity index (χ0) is 17.9. The summed E-state index contributed by atoms with van der Waals surface area (Å²) >= 11 is 0. The van der Waals surface area contributed by atoms with Gasteiger partial charge in [0.15, 0.2) is 5.78 Å². The number of carbonyl (C=O) groups excluding carboxylic acids is 1. The van der Waals surface area contributed by atoms with Gasteiger partial charge in [-0.2, -0.15) is 0 Å². The molecule has 0 bridgehead atoms. The van der Waals surface area contributed by atoms with Gasteiger partial charge < -0.3 is 4.89 Å². The molecule has 0 amide bonds. The third-order valence-corrected chi connectivity index (χ3v) is 5.48. The van der Waals surface area contributed by atoms with Crippen LogP contribution in [0.4, 0.5) is 0 Å². The van der Waals surface area contributed by atoms with Gasteiger partial charge in [-0.3, -0.25) is 4.79 Å². The van der Waals surface area contributed by atoms with Crippen molar-refractivity contribution in [2.24, 2.45) is 5.41 Å². The van der Waals surface area contributed by atoms with Crippen LogP contribution in [0.1, 0.15) is 29.8 Å². The largest absolute Gasteiger partial charge is 0.628 e. The van der Waals surface area contributed by atoms with Gasteiger partial charge in [-0.05, 0) is 5.56 Å². The summed E-state index contributed by atoms with van der Waals surface area (Å²) in [7, 11) is -3.47. The standard InChI is InChI=1S/C20H21O4P/c1-20(2)14-23-25(22,24-15-20)13-18(16-9-5-3-6-10-16)19(21)17-11-7-4-8-12-17/h3-13H,14-15H2,1-2H3/b18-13+. The summed E-state index contributed by atoms with van der Waals surface area (Å²) in [5.41, 5.74) is 1.35. The molecule has 25 heavy (non-hydrogen) atoms. The van der Waals surface area contributed by atoms with Crippen LogP contribution in [0.5, 0.6) is 0 Å². The molecule has 0 spiro atoms.